The minimum atomic E-state index is 0. The van der Waals surface area contributed by atoms with Crippen molar-refractivity contribution < 1.29 is 9.26 Å². The molecule has 30 heavy (non-hydrogen) atoms. The minimum Gasteiger partial charge on any atom is -0.377 e. The van der Waals surface area contributed by atoms with Crippen LogP contribution in [-0.2, 0) is 30.9 Å². The molecular weight excluding hydrogens is 497 g/mol. The van der Waals surface area contributed by atoms with Crippen LogP contribution in [0.2, 0.25) is 0 Å². The van der Waals surface area contributed by atoms with E-state index in [1.54, 1.807) is 14.2 Å². The molecule has 1 aromatic carbocycles. The zero-order chi connectivity index (χ0) is 20.1. The topological polar surface area (TPSA) is 102 Å². The van der Waals surface area contributed by atoms with Crippen molar-refractivity contribution in [2.45, 2.75) is 38.6 Å². The van der Waals surface area contributed by atoms with Gasteiger partial charge in [-0.2, -0.15) is 5.10 Å². The van der Waals surface area contributed by atoms with E-state index < -0.39 is 0 Å². The first kappa shape index (κ1) is 22.2. The van der Waals surface area contributed by atoms with Gasteiger partial charge in [-0.15, -0.1) is 24.0 Å². The first-order valence-corrected chi connectivity index (χ1v) is 9.65. The van der Waals surface area contributed by atoms with Crippen molar-refractivity contribution in [1.29, 1.82) is 0 Å². The maximum Gasteiger partial charge on any atom is 0.191 e. The Morgan fingerprint density at radius 2 is 2.17 bits per heavy atom. The predicted molar refractivity (Wildman–Crippen MR) is 124 cm³/mol. The fourth-order valence-electron chi connectivity index (χ4n) is 3.36. The number of ether oxygens (including phenoxy) is 1. The lowest BCUT2D eigenvalue weighted by molar-refractivity contribution is 0.177. The molecule has 0 saturated carbocycles. The molecule has 2 aromatic heterocycles. The highest BCUT2D eigenvalue weighted by atomic mass is 127. The number of rotatable bonds is 6. The number of hydrogen-bond donors (Lipinski definition) is 2. The predicted octanol–water partition coefficient (Wildman–Crippen LogP) is 2.38. The van der Waals surface area contributed by atoms with Crippen molar-refractivity contribution in [3.63, 3.8) is 0 Å². The second-order valence-corrected chi connectivity index (χ2v) is 6.91. The van der Waals surface area contributed by atoms with Crippen LogP contribution in [0.25, 0.3) is 11.3 Å². The number of benzene rings is 1. The summed E-state index contributed by atoms with van der Waals surface area (Å²) in [5.41, 5.74) is 1.82. The van der Waals surface area contributed by atoms with Crippen molar-refractivity contribution in [2.24, 2.45) is 4.99 Å². The van der Waals surface area contributed by atoms with Gasteiger partial charge in [0.2, 0.25) is 0 Å². The van der Waals surface area contributed by atoms with Gasteiger partial charge >= 0.3 is 0 Å². The summed E-state index contributed by atoms with van der Waals surface area (Å²) in [4.78, 5) is 8.84. The number of aryl methyl sites for hydroxylation is 1. The molecule has 10 heteroatoms. The van der Waals surface area contributed by atoms with E-state index in [4.69, 9.17) is 9.26 Å². The van der Waals surface area contributed by atoms with Crippen LogP contribution in [-0.4, -0.2) is 46.1 Å². The van der Waals surface area contributed by atoms with Gasteiger partial charge in [-0.05, 0) is 6.42 Å². The standard InChI is InChI=1S/C20H25N7O2.HI/c1-21-20(22-11-16-10-17(29-26-16)14-6-4-3-5-7-14)23-15-8-9-19-24-18(13-28-2)25-27(19)12-15;/h3-7,10,15H,8-9,11-13H2,1-2H3,(H2,21,22,23);1H. The van der Waals surface area contributed by atoms with Crippen molar-refractivity contribution in [1.82, 2.24) is 30.6 Å². The van der Waals surface area contributed by atoms with E-state index in [0.29, 0.717) is 13.2 Å². The fraction of sp³-hybridized carbons (Fsp3) is 0.400. The molecule has 9 nitrogen and oxygen atoms in total. The van der Waals surface area contributed by atoms with Crippen LogP contribution in [0.3, 0.4) is 0 Å². The first-order valence-electron chi connectivity index (χ1n) is 9.65. The van der Waals surface area contributed by atoms with Crippen molar-refractivity contribution in [2.75, 3.05) is 14.2 Å². The Kier molecular flexibility index (Phi) is 7.80. The van der Waals surface area contributed by atoms with Gasteiger partial charge in [0.1, 0.15) is 18.1 Å². The fourth-order valence-corrected chi connectivity index (χ4v) is 3.36. The number of hydrogen-bond acceptors (Lipinski definition) is 6. The molecule has 1 unspecified atom stereocenters. The second kappa shape index (κ2) is 10.5. The normalized spacial score (nSPS) is 15.9. The Balaban J connectivity index is 0.00000256. The molecular formula is C20H26IN7O2. The van der Waals surface area contributed by atoms with Crippen LogP contribution >= 0.6 is 24.0 Å². The summed E-state index contributed by atoms with van der Waals surface area (Å²) in [5.74, 6) is 3.21. The number of fused-ring (bicyclic) bond motifs is 1. The van der Waals surface area contributed by atoms with Crippen molar-refractivity contribution in [3.8, 4) is 11.3 Å². The maximum absolute atomic E-state index is 5.45. The van der Waals surface area contributed by atoms with E-state index in [-0.39, 0.29) is 30.0 Å². The molecule has 0 radical (unpaired) electrons. The Morgan fingerprint density at radius 3 is 2.93 bits per heavy atom. The minimum absolute atomic E-state index is 0. The number of guanidine groups is 1. The van der Waals surface area contributed by atoms with Crippen molar-refractivity contribution in [3.05, 3.63) is 53.7 Å². The van der Waals surface area contributed by atoms with Crippen LogP contribution < -0.4 is 10.6 Å². The van der Waals surface area contributed by atoms with E-state index in [1.807, 2.05) is 41.1 Å². The molecule has 0 saturated heterocycles. The summed E-state index contributed by atoms with van der Waals surface area (Å²) < 4.78 is 12.5. The van der Waals surface area contributed by atoms with Crippen molar-refractivity contribution >= 4 is 29.9 Å². The van der Waals surface area contributed by atoms with Gasteiger partial charge < -0.3 is 19.9 Å². The average molecular weight is 523 g/mol. The summed E-state index contributed by atoms with van der Waals surface area (Å²) in [7, 11) is 3.41. The van der Waals surface area contributed by atoms with Gasteiger partial charge in [-0.1, -0.05) is 35.5 Å². The third-order valence-electron chi connectivity index (χ3n) is 4.79. The van der Waals surface area contributed by atoms with Gasteiger partial charge in [-0.3, -0.25) is 4.99 Å². The molecule has 160 valence electrons. The van der Waals surface area contributed by atoms with Gasteiger partial charge in [0.05, 0.1) is 13.1 Å². The molecule has 0 spiro atoms. The van der Waals surface area contributed by atoms with E-state index in [9.17, 15) is 0 Å². The van der Waals surface area contributed by atoms with Gasteiger partial charge in [0.25, 0.3) is 0 Å². The lowest BCUT2D eigenvalue weighted by Crippen LogP contribution is -2.46. The average Bonchev–Trinajstić information content (AvgIpc) is 3.38. The Hall–Kier alpha value is -2.47. The number of aliphatic imine (C=N–C) groups is 1. The summed E-state index contributed by atoms with van der Waals surface area (Å²) in [6.45, 7) is 1.70. The molecule has 1 aliphatic heterocycles. The number of methoxy groups -OCH3 is 1. The lowest BCUT2D eigenvalue weighted by Gasteiger charge is -2.25. The molecule has 3 heterocycles. The quantitative estimate of drug-likeness (QED) is 0.291. The van der Waals surface area contributed by atoms with Crippen LogP contribution in [0.5, 0.6) is 0 Å². The van der Waals surface area contributed by atoms with Gasteiger partial charge in [0, 0.05) is 38.2 Å². The largest absolute Gasteiger partial charge is 0.377 e. The number of nitrogens with one attached hydrogen (secondary N) is 2. The smallest absolute Gasteiger partial charge is 0.191 e. The number of halogens is 1. The second-order valence-electron chi connectivity index (χ2n) is 6.91. The SMILES string of the molecule is CN=C(NCc1cc(-c2ccccc2)on1)NC1CCc2nc(COC)nn2C1.I. The Morgan fingerprint density at radius 1 is 1.33 bits per heavy atom. The van der Waals surface area contributed by atoms with E-state index in [1.165, 1.54) is 0 Å². The molecule has 0 fully saturated rings. The molecule has 1 atom stereocenters. The third kappa shape index (κ3) is 5.36. The summed E-state index contributed by atoms with van der Waals surface area (Å²) in [6.07, 6.45) is 1.84. The highest BCUT2D eigenvalue weighted by Gasteiger charge is 2.22. The molecule has 0 amide bonds. The van der Waals surface area contributed by atoms with Crippen LogP contribution in [0.4, 0.5) is 0 Å². The maximum atomic E-state index is 5.45. The molecule has 1 aliphatic rings. The number of nitrogens with zero attached hydrogens (tertiary/aromatic N) is 5. The zero-order valence-corrected chi connectivity index (χ0v) is 19.4. The number of aromatic nitrogens is 4. The van der Waals surface area contributed by atoms with Gasteiger partial charge in [0.15, 0.2) is 17.5 Å². The molecule has 0 aliphatic carbocycles. The molecule has 3 aromatic rings. The molecule has 0 bridgehead atoms. The Labute approximate surface area is 192 Å². The summed E-state index contributed by atoms with van der Waals surface area (Å²) in [6, 6.07) is 12.1. The monoisotopic (exact) mass is 523 g/mol. The van der Waals surface area contributed by atoms with Gasteiger partial charge in [-0.25, -0.2) is 9.67 Å². The molecule has 4 rings (SSSR count). The van der Waals surface area contributed by atoms with E-state index in [0.717, 1.165) is 54.0 Å². The van der Waals surface area contributed by atoms with Crippen LogP contribution in [0, 0.1) is 0 Å². The third-order valence-corrected chi connectivity index (χ3v) is 4.79. The van der Waals surface area contributed by atoms with E-state index >= 15 is 0 Å². The highest BCUT2D eigenvalue weighted by molar-refractivity contribution is 14.0. The lowest BCUT2D eigenvalue weighted by atomic mass is 10.1. The summed E-state index contributed by atoms with van der Waals surface area (Å²) >= 11 is 0. The molecule has 2 N–H and O–H groups in total. The van der Waals surface area contributed by atoms with Crippen LogP contribution in [0.15, 0.2) is 45.9 Å². The van der Waals surface area contributed by atoms with E-state index in [2.05, 4.69) is 30.9 Å². The summed E-state index contributed by atoms with van der Waals surface area (Å²) in [5, 5.41) is 15.4. The zero-order valence-electron chi connectivity index (χ0n) is 17.0. The first-order chi connectivity index (χ1) is 14.2. The Bertz CT molecular complexity index is 971. The van der Waals surface area contributed by atoms with Crippen LogP contribution in [0.1, 0.15) is 23.8 Å². The highest BCUT2D eigenvalue weighted by Crippen LogP contribution is 2.19.